The number of rotatable bonds is 6. The summed E-state index contributed by atoms with van der Waals surface area (Å²) in [7, 11) is -2.27. The molecule has 8 heteroatoms. The van der Waals surface area contributed by atoms with Crippen molar-refractivity contribution < 1.29 is 12.8 Å². The minimum atomic E-state index is -3.71. The van der Waals surface area contributed by atoms with Crippen molar-refractivity contribution in [1.82, 2.24) is 19.0 Å². The Morgan fingerprint density at radius 2 is 1.82 bits per heavy atom. The predicted octanol–water partition coefficient (Wildman–Crippen LogP) is 1.49. The lowest BCUT2D eigenvalue weighted by Gasteiger charge is -2.26. The molecule has 0 radical (unpaired) electrons. The van der Waals surface area contributed by atoms with Gasteiger partial charge in [-0.3, -0.25) is 0 Å². The third-order valence-electron chi connectivity index (χ3n) is 3.09. The first kappa shape index (κ1) is 16.5. The van der Waals surface area contributed by atoms with Crippen LogP contribution in [0.15, 0.2) is 42.7 Å². The van der Waals surface area contributed by atoms with Gasteiger partial charge in [-0.1, -0.05) is 19.1 Å². The molecule has 0 amide bonds. The number of hydrogen-bond acceptors (Lipinski definition) is 4. The number of aromatic nitrogens is 2. The van der Waals surface area contributed by atoms with Gasteiger partial charge in [-0.2, -0.15) is 12.7 Å². The molecule has 0 spiro atoms. The van der Waals surface area contributed by atoms with Gasteiger partial charge >= 0.3 is 0 Å². The summed E-state index contributed by atoms with van der Waals surface area (Å²) >= 11 is 0. The zero-order chi connectivity index (χ0) is 16.2. The number of halogens is 1. The Kier molecular flexibility index (Phi) is 5.17. The lowest BCUT2D eigenvalue weighted by Crippen LogP contribution is -2.41. The number of hydrogen-bond donors (Lipinski definition) is 1. The van der Waals surface area contributed by atoms with E-state index in [-0.39, 0.29) is 6.54 Å². The van der Waals surface area contributed by atoms with Crippen LogP contribution in [0.4, 0.5) is 4.39 Å². The fraction of sp³-hybridized carbons (Fsp3) is 0.286. The Balaban J connectivity index is 2.49. The van der Waals surface area contributed by atoms with Gasteiger partial charge in [0.15, 0.2) is 5.82 Å². The second kappa shape index (κ2) is 6.91. The minimum absolute atomic E-state index is 0.262. The van der Waals surface area contributed by atoms with Crippen LogP contribution in [0.5, 0.6) is 0 Å². The maximum absolute atomic E-state index is 13.1. The molecule has 2 aromatic rings. The van der Waals surface area contributed by atoms with E-state index in [0.29, 0.717) is 11.4 Å². The SMILES string of the molecule is CCNS(=O)(=O)N(C)[C@@H](c1ccc(F)cc1)c1ncccn1. The summed E-state index contributed by atoms with van der Waals surface area (Å²) < 4.78 is 41.2. The first-order valence-corrected chi connectivity index (χ1v) is 8.14. The summed E-state index contributed by atoms with van der Waals surface area (Å²) in [6.45, 7) is 1.95. The van der Waals surface area contributed by atoms with Gasteiger partial charge in [0.1, 0.15) is 11.9 Å². The zero-order valence-electron chi connectivity index (χ0n) is 12.3. The Hall–Kier alpha value is -1.90. The molecule has 1 aromatic heterocycles. The van der Waals surface area contributed by atoms with Crippen molar-refractivity contribution >= 4 is 10.2 Å². The van der Waals surface area contributed by atoms with Crippen molar-refractivity contribution in [2.45, 2.75) is 13.0 Å². The molecule has 0 aliphatic rings. The molecular weight excluding hydrogens is 307 g/mol. The van der Waals surface area contributed by atoms with E-state index in [9.17, 15) is 12.8 Å². The Labute approximate surface area is 129 Å². The normalized spacial score (nSPS) is 13.3. The van der Waals surface area contributed by atoms with Crippen molar-refractivity contribution in [2.24, 2.45) is 0 Å². The van der Waals surface area contributed by atoms with Gasteiger partial charge in [0.2, 0.25) is 0 Å². The summed E-state index contributed by atoms with van der Waals surface area (Å²) in [5.74, 6) is -0.0771. The molecule has 1 N–H and O–H groups in total. The summed E-state index contributed by atoms with van der Waals surface area (Å²) in [5, 5.41) is 0. The molecule has 1 atom stereocenters. The van der Waals surface area contributed by atoms with Gasteiger partial charge in [0.05, 0.1) is 0 Å². The number of nitrogens with zero attached hydrogens (tertiary/aromatic N) is 3. The van der Waals surface area contributed by atoms with Gasteiger partial charge in [0.25, 0.3) is 10.2 Å². The van der Waals surface area contributed by atoms with Crippen molar-refractivity contribution in [3.05, 3.63) is 59.9 Å². The summed E-state index contributed by atoms with van der Waals surface area (Å²) in [6, 6.07) is 6.50. The van der Waals surface area contributed by atoms with Crippen LogP contribution >= 0.6 is 0 Å². The quantitative estimate of drug-likeness (QED) is 0.873. The molecule has 0 fully saturated rings. The van der Waals surface area contributed by atoms with E-state index >= 15 is 0 Å². The highest BCUT2D eigenvalue weighted by atomic mass is 32.2. The van der Waals surface area contributed by atoms with E-state index in [0.717, 1.165) is 4.31 Å². The highest BCUT2D eigenvalue weighted by Crippen LogP contribution is 2.26. The molecule has 6 nitrogen and oxygen atoms in total. The third kappa shape index (κ3) is 3.65. The van der Waals surface area contributed by atoms with Gasteiger partial charge in [-0.15, -0.1) is 0 Å². The molecule has 1 heterocycles. The third-order valence-corrected chi connectivity index (χ3v) is 4.71. The fourth-order valence-corrected chi connectivity index (χ4v) is 3.10. The largest absolute Gasteiger partial charge is 0.280 e. The first-order chi connectivity index (χ1) is 10.5. The first-order valence-electron chi connectivity index (χ1n) is 6.70. The van der Waals surface area contributed by atoms with Crippen LogP contribution in [0.3, 0.4) is 0 Å². The van der Waals surface area contributed by atoms with Crippen LogP contribution in [0.2, 0.25) is 0 Å². The molecule has 0 unspecified atom stereocenters. The molecular formula is C14H17FN4O2S. The fourth-order valence-electron chi connectivity index (χ4n) is 2.04. The van der Waals surface area contributed by atoms with E-state index < -0.39 is 22.1 Å². The van der Waals surface area contributed by atoms with Gasteiger partial charge < -0.3 is 0 Å². The van der Waals surface area contributed by atoms with Gasteiger partial charge in [-0.25, -0.2) is 19.1 Å². The van der Waals surface area contributed by atoms with Crippen LogP contribution in [0.1, 0.15) is 24.4 Å². The highest BCUT2D eigenvalue weighted by molar-refractivity contribution is 7.87. The van der Waals surface area contributed by atoms with E-state index in [4.69, 9.17) is 0 Å². The van der Waals surface area contributed by atoms with Crippen LogP contribution in [0.25, 0.3) is 0 Å². The van der Waals surface area contributed by atoms with E-state index in [1.54, 1.807) is 13.0 Å². The van der Waals surface area contributed by atoms with E-state index in [2.05, 4.69) is 14.7 Å². The lowest BCUT2D eigenvalue weighted by molar-refractivity contribution is 0.397. The van der Waals surface area contributed by atoms with E-state index in [1.165, 1.54) is 43.7 Å². The van der Waals surface area contributed by atoms with Crippen LogP contribution < -0.4 is 4.72 Å². The maximum atomic E-state index is 13.1. The van der Waals surface area contributed by atoms with Crippen molar-refractivity contribution in [1.29, 1.82) is 0 Å². The van der Waals surface area contributed by atoms with Crippen molar-refractivity contribution in [3.63, 3.8) is 0 Å². The van der Waals surface area contributed by atoms with Crippen molar-refractivity contribution in [3.8, 4) is 0 Å². The summed E-state index contributed by atoms with van der Waals surface area (Å²) in [4.78, 5) is 8.27. The average Bonchev–Trinajstić information content (AvgIpc) is 2.50. The van der Waals surface area contributed by atoms with Gasteiger partial charge in [0, 0.05) is 26.0 Å². The summed E-state index contributed by atoms with van der Waals surface area (Å²) in [6.07, 6.45) is 3.07. The van der Waals surface area contributed by atoms with Crippen LogP contribution in [0, 0.1) is 5.82 Å². The van der Waals surface area contributed by atoms with E-state index in [1.807, 2.05) is 0 Å². The predicted molar refractivity (Wildman–Crippen MR) is 80.6 cm³/mol. The monoisotopic (exact) mass is 324 g/mol. The molecule has 2 rings (SSSR count). The summed E-state index contributed by atoms with van der Waals surface area (Å²) in [5.41, 5.74) is 0.580. The topological polar surface area (TPSA) is 75.2 Å². The minimum Gasteiger partial charge on any atom is -0.239 e. The molecule has 0 saturated heterocycles. The standard InChI is InChI=1S/C14H17FN4O2S/c1-3-18-22(20,21)19(2)13(14-16-9-4-10-17-14)11-5-7-12(15)8-6-11/h4-10,13,18H,3H2,1-2H3/t13-/m0/s1. The maximum Gasteiger partial charge on any atom is 0.280 e. The second-order valence-corrected chi connectivity index (χ2v) is 6.39. The van der Waals surface area contributed by atoms with Crippen LogP contribution in [-0.2, 0) is 10.2 Å². The molecule has 118 valence electrons. The zero-order valence-corrected chi connectivity index (χ0v) is 13.1. The van der Waals surface area contributed by atoms with Crippen LogP contribution in [-0.4, -0.2) is 36.3 Å². The molecule has 22 heavy (non-hydrogen) atoms. The second-order valence-electron chi connectivity index (χ2n) is 4.58. The molecule has 1 aromatic carbocycles. The molecule has 0 aliphatic carbocycles. The van der Waals surface area contributed by atoms with Crippen molar-refractivity contribution in [2.75, 3.05) is 13.6 Å². The number of benzene rings is 1. The molecule has 0 aliphatic heterocycles. The average molecular weight is 324 g/mol. The van der Waals surface area contributed by atoms with Gasteiger partial charge in [-0.05, 0) is 23.8 Å². The smallest absolute Gasteiger partial charge is 0.239 e. The Morgan fingerprint density at radius 3 is 2.36 bits per heavy atom. The molecule has 0 saturated carbocycles. The Morgan fingerprint density at radius 1 is 1.23 bits per heavy atom. The highest BCUT2D eigenvalue weighted by Gasteiger charge is 2.30. The number of nitrogens with one attached hydrogen (secondary N) is 1. The molecule has 0 bridgehead atoms. The lowest BCUT2D eigenvalue weighted by atomic mass is 10.1. The Bertz CT molecular complexity index is 707.